The van der Waals surface area contributed by atoms with E-state index in [0.717, 1.165) is 6.08 Å². The van der Waals surface area contributed by atoms with E-state index in [9.17, 15) is 4.79 Å². The number of hydrogen-bond acceptors (Lipinski definition) is 3. The Kier molecular flexibility index (Phi) is 5.02. The lowest BCUT2D eigenvalue weighted by Crippen LogP contribution is -2.27. The number of rotatable bonds is 5. The van der Waals surface area contributed by atoms with E-state index in [-0.39, 0.29) is 6.61 Å². The van der Waals surface area contributed by atoms with Gasteiger partial charge in [-0.1, -0.05) is 24.8 Å². The number of carbonyl (C=O) groups excluding carboxylic acids is 1. The number of halogens is 2. The standard InChI is InChI=1S/C11H10Br2O3/c1-2-10(14)16-11(12,13)8-15-9-6-4-3-5-7-9/h2-7H,1,8H2. The molecule has 0 aliphatic carbocycles. The summed E-state index contributed by atoms with van der Waals surface area (Å²) in [6.45, 7) is 3.44. The molecular formula is C11H10Br2O3. The summed E-state index contributed by atoms with van der Waals surface area (Å²) in [6, 6.07) is 9.22. The second-order valence-corrected chi connectivity index (χ2v) is 6.49. The molecule has 0 amide bonds. The minimum absolute atomic E-state index is 0.136. The number of ether oxygens (including phenoxy) is 2. The van der Waals surface area contributed by atoms with Crippen LogP contribution in [0.5, 0.6) is 5.75 Å². The van der Waals surface area contributed by atoms with Crippen LogP contribution in [-0.4, -0.2) is 16.0 Å². The van der Waals surface area contributed by atoms with Crippen molar-refractivity contribution in [2.45, 2.75) is 3.42 Å². The first-order valence-corrected chi connectivity index (χ1v) is 6.03. The zero-order valence-electron chi connectivity index (χ0n) is 8.36. The lowest BCUT2D eigenvalue weighted by atomic mass is 10.3. The first-order valence-electron chi connectivity index (χ1n) is 4.44. The number of esters is 1. The van der Waals surface area contributed by atoms with E-state index in [0.29, 0.717) is 5.75 Å². The third-order valence-electron chi connectivity index (χ3n) is 1.57. The van der Waals surface area contributed by atoms with Gasteiger partial charge in [0.1, 0.15) is 12.4 Å². The van der Waals surface area contributed by atoms with Gasteiger partial charge in [-0.25, -0.2) is 4.79 Å². The number of hydrogen-bond donors (Lipinski definition) is 0. The highest BCUT2D eigenvalue weighted by molar-refractivity contribution is 9.25. The van der Waals surface area contributed by atoms with Gasteiger partial charge in [0.2, 0.25) is 0 Å². The summed E-state index contributed by atoms with van der Waals surface area (Å²) in [5, 5.41) is 0. The largest absolute Gasteiger partial charge is 0.487 e. The van der Waals surface area contributed by atoms with Gasteiger partial charge in [-0.05, 0) is 44.0 Å². The molecule has 0 aliphatic heterocycles. The van der Waals surface area contributed by atoms with Crippen molar-refractivity contribution < 1.29 is 14.3 Å². The van der Waals surface area contributed by atoms with Crippen molar-refractivity contribution in [2.24, 2.45) is 0 Å². The van der Waals surface area contributed by atoms with Crippen LogP contribution in [0.1, 0.15) is 0 Å². The monoisotopic (exact) mass is 348 g/mol. The average Bonchev–Trinajstić information content (AvgIpc) is 2.27. The molecule has 1 aromatic rings. The van der Waals surface area contributed by atoms with Gasteiger partial charge in [0, 0.05) is 6.08 Å². The van der Waals surface area contributed by atoms with Crippen LogP contribution < -0.4 is 4.74 Å². The van der Waals surface area contributed by atoms with E-state index in [1.807, 2.05) is 30.3 Å². The minimum atomic E-state index is -1.04. The smallest absolute Gasteiger partial charge is 0.332 e. The van der Waals surface area contributed by atoms with E-state index in [1.54, 1.807) is 0 Å². The number of alkyl halides is 2. The summed E-state index contributed by atoms with van der Waals surface area (Å²) >= 11 is 6.36. The van der Waals surface area contributed by atoms with Crippen LogP contribution in [0.15, 0.2) is 43.0 Å². The summed E-state index contributed by atoms with van der Waals surface area (Å²) in [6.07, 6.45) is 1.08. The van der Waals surface area contributed by atoms with Crippen molar-refractivity contribution in [1.82, 2.24) is 0 Å². The zero-order valence-corrected chi connectivity index (χ0v) is 11.5. The molecule has 0 heterocycles. The number of carbonyl (C=O) groups is 1. The average molecular weight is 350 g/mol. The molecule has 0 saturated heterocycles. The lowest BCUT2D eigenvalue weighted by molar-refractivity contribution is -0.141. The molecule has 0 aromatic heterocycles. The Labute approximate surface area is 111 Å². The maximum absolute atomic E-state index is 11.0. The Morgan fingerprint density at radius 1 is 1.38 bits per heavy atom. The topological polar surface area (TPSA) is 35.5 Å². The van der Waals surface area contributed by atoms with Crippen LogP contribution in [0.3, 0.4) is 0 Å². The normalized spacial score (nSPS) is 10.6. The molecule has 5 heteroatoms. The van der Waals surface area contributed by atoms with Gasteiger partial charge >= 0.3 is 5.97 Å². The summed E-state index contributed by atoms with van der Waals surface area (Å²) in [5.74, 6) is 0.158. The second-order valence-electron chi connectivity index (χ2n) is 2.86. The number of para-hydroxylation sites is 1. The Morgan fingerprint density at radius 3 is 2.56 bits per heavy atom. The van der Waals surface area contributed by atoms with Gasteiger partial charge < -0.3 is 9.47 Å². The minimum Gasteiger partial charge on any atom is -0.487 e. The van der Waals surface area contributed by atoms with Crippen molar-refractivity contribution in [2.75, 3.05) is 6.61 Å². The van der Waals surface area contributed by atoms with E-state index in [2.05, 4.69) is 38.4 Å². The molecule has 0 N–H and O–H groups in total. The summed E-state index contributed by atoms with van der Waals surface area (Å²) < 4.78 is 9.33. The molecule has 0 aliphatic rings. The quantitative estimate of drug-likeness (QED) is 0.465. The highest BCUT2D eigenvalue weighted by Gasteiger charge is 2.27. The van der Waals surface area contributed by atoms with E-state index >= 15 is 0 Å². The fraction of sp³-hybridized carbons (Fsp3) is 0.182. The first kappa shape index (κ1) is 13.3. The Morgan fingerprint density at radius 2 is 2.00 bits per heavy atom. The third kappa shape index (κ3) is 4.81. The second kappa shape index (κ2) is 6.06. The molecule has 3 nitrogen and oxygen atoms in total. The highest BCUT2D eigenvalue weighted by atomic mass is 79.9. The highest BCUT2D eigenvalue weighted by Crippen LogP contribution is 2.29. The number of benzene rings is 1. The Hall–Kier alpha value is -0.810. The fourth-order valence-corrected chi connectivity index (χ4v) is 1.45. The van der Waals surface area contributed by atoms with Gasteiger partial charge in [-0.2, -0.15) is 0 Å². The fourth-order valence-electron chi connectivity index (χ4n) is 0.902. The van der Waals surface area contributed by atoms with Crippen molar-refractivity contribution in [3.05, 3.63) is 43.0 Å². The molecule has 0 unspecified atom stereocenters. The van der Waals surface area contributed by atoms with E-state index in [4.69, 9.17) is 9.47 Å². The molecule has 1 aromatic carbocycles. The van der Waals surface area contributed by atoms with Gasteiger partial charge in [-0.15, -0.1) is 0 Å². The Bertz CT molecular complexity index is 363. The molecule has 0 radical (unpaired) electrons. The maximum atomic E-state index is 11.0. The van der Waals surface area contributed by atoms with Crippen LogP contribution in [0.2, 0.25) is 0 Å². The van der Waals surface area contributed by atoms with Crippen LogP contribution in [0, 0.1) is 0 Å². The zero-order chi connectivity index (χ0) is 12.0. The van der Waals surface area contributed by atoms with Crippen LogP contribution in [0.4, 0.5) is 0 Å². The Balaban J connectivity index is 2.47. The van der Waals surface area contributed by atoms with Crippen LogP contribution in [0.25, 0.3) is 0 Å². The van der Waals surface area contributed by atoms with Crippen molar-refractivity contribution in [3.63, 3.8) is 0 Å². The molecular weight excluding hydrogens is 340 g/mol. The van der Waals surface area contributed by atoms with Gasteiger partial charge in [0.05, 0.1) is 0 Å². The van der Waals surface area contributed by atoms with Crippen LogP contribution in [-0.2, 0) is 9.53 Å². The van der Waals surface area contributed by atoms with E-state index < -0.39 is 9.39 Å². The maximum Gasteiger partial charge on any atom is 0.332 e. The van der Waals surface area contributed by atoms with Gasteiger partial charge in [-0.3, -0.25) is 0 Å². The molecule has 16 heavy (non-hydrogen) atoms. The van der Waals surface area contributed by atoms with Crippen molar-refractivity contribution >= 4 is 37.8 Å². The predicted molar refractivity (Wildman–Crippen MR) is 68.8 cm³/mol. The van der Waals surface area contributed by atoms with Crippen LogP contribution >= 0.6 is 31.9 Å². The SMILES string of the molecule is C=CC(=O)OC(Br)(Br)COc1ccccc1. The third-order valence-corrected chi connectivity index (χ3v) is 2.35. The summed E-state index contributed by atoms with van der Waals surface area (Å²) in [5.41, 5.74) is 0. The van der Waals surface area contributed by atoms with E-state index in [1.165, 1.54) is 0 Å². The summed E-state index contributed by atoms with van der Waals surface area (Å²) in [4.78, 5) is 11.0. The predicted octanol–water partition coefficient (Wildman–Crippen LogP) is 3.24. The molecule has 0 atom stereocenters. The molecule has 1 rings (SSSR count). The lowest BCUT2D eigenvalue weighted by Gasteiger charge is -2.20. The first-order chi connectivity index (χ1) is 7.53. The molecule has 0 saturated carbocycles. The molecule has 0 spiro atoms. The van der Waals surface area contributed by atoms with Gasteiger partial charge in [0.25, 0.3) is 3.42 Å². The molecule has 86 valence electrons. The molecule has 0 bridgehead atoms. The molecule has 0 fully saturated rings. The van der Waals surface area contributed by atoms with Gasteiger partial charge in [0.15, 0.2) is 0 Å². The van der Waals surface area contributed by atoms with Crippen molar-refractivity contribution in [1.29, 1.82) is 0 Å². The summed E-state index contributed by atoms with van der Waals surface area (Å²) in [7, 11) is 0. The van der Waals surface area contributed by atoms with Crippen molar-refractivity contribution in [3.8, 4) is 5.75 Å².